The van der Waals surface area contributed by atoms with E-state index in [1.807, 2.05) is 27.7 Å². The van der Waals surface area contributed by atoms with Gasteiger partial charge in [0.25, 0.3) is 0 Å². The Kier molecular flexibility index (Phi) is 6.45. The van der Waals surface area contributed by atoms with Gasteiger partial charge in [0, 0.05) is 6.54 Å². The van der Waals surface area contributed by atoms with Crippen molar-refractivity contribution in [3.63, 3.8) is 0 Å². The quantitative estimate of drug-likeness (QED) is 0.590. The lowest BCUT2D eigenvalue weighted by atomic mass is 9.68. The first-order valence-electron chi connectivity index (χ1n) is 5.62. The molecule has 1 aliphatic carbocycles. The van der Waals surface area contributed by atoms with Gasteiger partial charge in [-0.3, -0.25) is 0 Å². The van der Waals surface area contributed by atoms with Crippen molar-refractivity contribution < 1.29 is 0 Å². The average Bonchev–Trinajstić information content (AvgIpc) is 2.59. The molecule has 1 N–H and O–H groups in total. The molecule has 74 valence electrons. The molecule has 1 saturated carbocycles. The molecule has 0 unspecified atom stereocenters. The molecule has 12 heavy (non-hydrogen) atoms. The van der Waals surface area contributed by atoms with Gasteiger partial charge in [0.2, 0.25) is 0 Å². The van der Waals surface area contributed by atoms with Crippen LogP contribution in [0.5, 0.6) is 0 Å². The summed E-state index contributed by atoms with van der Waals surface area (Å²) in [5.41, 5.74) is 0.806. The molecule has 1 heteroatoms. The van der Waals surface area contributed by atoms with Crippen LogP contribution in [0.1, 0.15) is 53.4 Å². The van der Waals surface area contributed by atoms with E-state index in [4.69, 9.17) is 0 Å². The molecule has 0 aromatic rings. The largest absolute Gasteiger partial charge is 0.316 e. The second-order valence-corrected chi connectivity index (χ2v) is 3.28. The van der Waals surface area contributed by atoms with E-state index in [2.05, 4.69) is 5.32 Å². The normalized spacial score (nSPS) is 23.0. The van der Waals surface area contributed by atoms with Crippen molar-refractivity contribution in [1.82, 2.24) is 5.32 Å². The summed E-state index contributed by atoms with van der Waals surface area (Å²) in [4.78, 5) is 0. The average molecular weight is 171 g/mol. The molecule has 1 spiro atoms. The zero-order valence-corrected chi connectivity index (χ0v) is 9.24. The highest BCUT2D eigenvalue weighted by atomic mass is 14.9. The lowest BCUT2D eigenvalue weighted by Gasteiger charge is -2.37. The smallest absolute Gasteiger partial charge is 0.000829 e. The van der Waals surface area contributed by atoms with E-state index >= 15 is 0 Å². The van der Waals surface area contributed by atoms with Gasteiger partial charge >= 0.3 is 0 Å². The topological polar surface area (TPSA) is 12.0 Å². The Balaban J connectivity index is 0.000000269. The fourth-order valence-corrected chi connectivity index (χ4v) is 1.90. The molecule has 1 nitrogen and oxygen atoms in total. The number of hydrogen-bond acceptors (Lipinski definition) is 1. The summed E-state index contributed by atoms with van der Waals surface area (Å²) in [6.07, 6.45) is 5.94. The number of hydrogen-bond donors (Lipinski definition) is 1. The number of rotatable bonds is 0. The van der Waals surface area contributed by atoms with Crippen LogP contribution in [0.15, 0.2) is 0 Å². The second kappa shape index (κ2) is 6.47. The Morgan fingerprint density at radius 2 is 1.50 bits per heavy atom. The highest BCUT2D eigenvalue weighted by Crippen LogP contribution is 2.45. The van der Waals surface area contributed by atoms with E-state index in [0.29, 0.717) is 0 Å². The molecule has 0 atom stereocenters. The predicted octanol–water partition coefficient (Wildman–Crippen LogP) is 3.20. The van der Waals surface area contributed by atoms with E-state index in [1.54, 1.807) is 0 Å². The van der Waals surface area contributed by atoms with Crippen LogP contribution in [-0.2, 0) is 0 Å². The minimum Gasteiger partial charge on any atom is -0.316 e. The summed E-state index contributed by atoms with van der Waals surface area (Å²) >= 11 is 0. The zero-order valence-electron chi connectivity index (χ0n) is 9.24. The van der Waals surface area contributed by atoms with Gasteiger partial charge in [-0.25, -0.2) is 0 Å². The van der Waals surface area contributed by atoms with Gasteiger partial charge in [-0.1, -0.05) is 34.1 Å². The third-order valence-electron chi connectivity index (χ3n) is 2.75. The van der Waals surface area contributed by atoms with Crippen LogP contribution in [0.3, 0.4) is 0 Å². The molecule has 0 amide bonds. The molecule has 0 bridgehead atoms. The van der Waals surface area contributed by atoms with E-state index in [-0.39, 0.29) is 0 Å². The Labute approximate surface area is 77.9 Å². The van der Waals surface area contributed by atoms with Crippen molar-refractivity contribution in [1.29, 1.82) is 0 Å². The maximum absolute atomic E-state index is 3.42. The summed E-state index contributed by atoms with van der Waals surface area (Å²) < 4.78 is 0. The van der Waals surface area contributed by atoms with Crippen LogP contribution in [-0.4, -0.2) is 13.1 Å². The monoisotopic (exact) mass is 171 g/mol. The molecule has 1 heterocycles. The van der Waals surface area contributed by atoms with Gasteiger partial charge < -0.3 is 5.32 Å². The van der Waals surface area contributed by atoms with Gasteiger partial charge in [0.05, 0.1) is 0 Å². The Hall–Kier alpha value is -0.0400. The summed E-state index contributed by atoms with van der Waals surface area (Å²) in [6, 6.07) is 0. The van der Waals surface area contributed by atoms with Crippen LogP contribution >= 0.6 is 0 Å². The van der Waals surface area contributed by atoms with Gasteiger partial charge in [0.15, 0.2) is 0 Å². The van der Waals surface area contributed by atoms with Crippen LogP contribution in [0, 0.1) is 5.41 Å². The van der Waals surface area contributed by atoms with Gasteiger partial charge in [-0.05, 0) is 31.2 Å². The molecule has 1 aliphatic heterocycles. The highest BCUT2D eigenvalue weighted by molar-refractivity contribution is 4.93. The second-order valence-electron chi connectivity index (χ2n) is 3.28. The molecule has 0 aromatic heterocycles. The van der Waals surface area contributed by atoms with Crippen molar-refractivity contribution in [2.24, 2.45) is 5.41 Å². The molecular weight excluding hydrogens is 146 g/mol. The van der Waals surface area contributed by atoms with Crippen LogP contribution in [0.25, 0.3) is 0 Å². The van der Waals surface area contributed by atoms with E-state index in [1.165, 1.54) is 38.8 Å². The van der Waals surface area contributed by atoms with E-state index in [9.17, 15) is 0 Å². The molecule has 2 fully saturated rings. The summed E-state index contributed by atoms with van der Waals surface area (Å²) in [6.45, 7) is 10.6. The lowest BCUT2D eigenvalue weighted by molar-refractivity contribution is 0.163. The van der Waals surface area contributed by atoms with Crippen molar-refractivity contribution in [2.75, 3.05) is 13.1 Å². The van der Waals surface area contributed by atoms with Crippen LogP contribution < -0.4 is 5.32 Å². The minimum atomic E-state index is 0.806. The summed E-state index contributed by atoms with van der Waals surface area (Å²) in [5, 5.41) is 3.42. The maximum Gasteiger partial charge on any atom is 0.000829 e. The third kappa shape index (κ3) is 2.78. The highest BCUT2D eigenvalue weighted by Gasteiger charge is 2.38. The van der Waals surface area contributed by atoms with Gasteiger partial charge in [-0.15, -0.1) is 0 Å². The van der Waals surface area contributed by atoms with Crippen molar-refractivity contribution >= 4 is 0 Å². The van der Waals surface area contributed by atoms with Gasteiger partial charge in [0.1, 0.15) is 0 Å². The number of nitrogens with one attached hydrogen (secondary N) is 1. The Morgan fingerprint density at radius 3 is 1.67 bits per heavy atom. The van der Waals surface area contributed by atoms with Gasteiger partial charge in [-0.2, -0.15) is 0 Å². The Bertz CT molecular complexity index is 87.2. The SMILES string of the molecule is C1CC2(C1)CCNC2.CC.CC. The van der Waals surface area contributed by atoms with E-state index in [0.717, 1.165) is 5.41 Å². The molecule has 0 aromatic carbocycles. The fraction of sp³-hybridized carbons (Fsp3) is 1.00. The molecule has 0 radical (unpaired) electrons. The maximum atomic E-state index is 3.42. The first-order valence-corrected chi connectivity index (χ1v) is 5.62. The molecule has 2 rings (SSSR count). The zero-order chi connectivity index (χ0) is 9.45. The molecule has 1 saturated heterocycles. The van der Waals surface area contributed by atoms with Crippen molar-refractivity contribution in [3.05, 3.63) is 0 Å². The molecular formula is C11H25N. The van der Waals surface area contributed by atoms with Crippen molar-refractivity contribution in [3.8, 4) is 0 Å². The fourth-order valence-electron chi connectivity index (χ4n) is 1.90. The standard InChI is InChI=1S/C7H13N.2C2H6/c1-2-7(3-1)4-5-8-6-7;2*1-2/h8H,1-6H2;2*1-2H3. The summed E-state index contributed by atoms with van der Waals surface area (Å²) in [7, 11) is 0. The van der Waals surface area contributed by atoms with Crippen molar-refractivity contribution in [2.45, 2.75) is 53.4 Å². The first-order chi connectivity index (χ1) is 5.91. The van der Waals surface area contributed by atoms with Crippen LogP contribution in [0.4, 0.5) is 0 Å². The minimum absolute atomic E-state index is 0.806. The molecule has 2 aliphatic rings. The third-order valence-corrected chi connectivity index (χ3v) is 2.75. The first kappa shape index (κ1) is 12.0. The van der Waals surface area contributed by atoms with Crippen LogP contribution in [0.2, 0.25) is 0 Å². The predicted molar refractivity (Wildman–Crippen MR) is 56.5 cm³/mol. The lowest BCUT2D eigenvalue weighted by Crippen LogP contribution is -2.31. The summed E-state index contributed by atoms with van der Waals surface area (Å²) in [5.74, 6) is 0. The Morgan fingerprint density at radius 1 is 0.917 bits per heavy atom. The van der Waals surface area contributed by atoms with E-state index < -0.39 is 0 Å².